The molecular weight excluding hydrogens is 272 g/mol. The summed E-state index contributed by atoms with van der Waals surface area (Å²) in [7, 11) is 0. The fraction of sp³-hybridized carbons (Fsp3) is 0.200. The average molecular weight is 288 g/mol. The highest BCUT2D eigenvalue weighted by Gasteiger charge is 2.16. The highest BCUT2D eigenvalue weighted by molar-refractivity contribution is 5.93. The summed E-state index contributed by atoms with van der Waals surface area (Å²) in [5.41, 5.74) is 1.46. The number of nitrogens with one attached hydrogen (secondary N) is 1. The zero-order chi connectivity index (χ0) is 15.2. The topological polar surface area (TPSA) is 91.6 Å². The monoisotopic (exact) mass is 288 g/mol. The summed E-state index contributed by atoms with van der Waals surface area (Å²) in [5, 5.41) is 20.1. The minimum atomic E-state index is -1.61. The molecule has 0 aliphatic carbocycles. The predicted octanol–water partition coefficient (Wildman–Crippen LogP) is 0.712. The fourth-order valence-corrected chi connectivity index (χ4v) is 1.91. The minimum Gasteiger partial charge on any atom is -0.479 e. The van der Waals surface area contributed by atoms with Gasteiger partial charge in [-0.25, -0.2) is 4.79 Å². The van der Waals surface area contributed by atoms with Crippen LogP contribution in [-0.2, 0) is 11.3 Å². The van der Waals surface area contributed by atoms with Crippen LogP contribution in [-0.4, -0.2) is 39.3 Å². The van der Waals surface area contributed by atoms with Gasteiger partial charge in [0.15, 0.2) is 6.10 Å². The molecule has 2 rings (SSSR count). The summed E-state index contributed by atoms with van der Waals surface area (Å²) < 4.78 is 1.76. The van der Waals surface area contributed by atoms with E-state index in [0.717, 1.165) is 5.56 Å². The molecule has 110 valence electrons. The molecule has 6 heteroatoms. The summed E-state index contributed by atoms with van der Waals surface area (Å²) in [6, 6.07) is 13.0. The maximum absolute atomic E-state index is 12.0. The molecule has 1 amide bonds. The van der Waals surface area contributed by atoms with E-state index >= 15 is 0 Å². The summed E-state index contributed by atoms with van der Waals surface area (Å²) in [4.78, 5) is 22.5. The SMILES string of the molecule is O=C(NC[C@H](O)C(=O)O)c1cccn1Cc1ccccc1. The Balaban J connectivity index is 2.02. The van der Waals surface area contributed by atoms with Crippen LogP contribution in [0, 0.1) is 0 Å². The number of aromatic nitrogens is 1. The number of rotatable bonds is 6. The number of aliphatic carboxylic acids is 1. The number of aliphatic hydroxyl groups excluding tert-OH is 1. The van der Waals surface area contributed by atoms with E-state index in [1.807, 2.05) is 30.3 Å². The van der Waals surface area contributed by atoms with Gasteiger partial charge in [-0.1, -0.05) is 30.3 Å². The first-order chi connectivity index (χ1) is 10.1. The number of carbonyl (C=O) groups excluding carboxylic acids is 1. The lowest BCUT2D eigenvalue weighted by molar-refractivity contribution is -0.146. The Labute approximate surface area is 121 Å². The van der Waals surface area contributed by atoms with Crippen LogP contribution in [0.1, 0.15) is 16.1 Å². The van der Waals surface area contributed by atoms with Gasteiger partial charge in [0.25, 0.3) is 5.91 Å². The molecule has 6 nitrogen and oxygen atoms in total. The first-order valence-corrected chi connectivity index (χ1v) is 6.46. The minimum absolute atomic E-state index is 0.329. The lowest BCUT2D eigenvalue weighted by Crippen LogP contribution is -2.37. The van der Waals surface area contributed by atoms with Crippen molar-refractivity contribution < 1.29 is 19.8 Å². The van der Waals surface area contributed by atoms with Crippen LogP contribution in [0.2, 0.25) is 0 Å². The van der Waals surface area contributed by atoms with Crippen LogP contribution in [0.4, 0.5) is 0 Å². The van der Waals surface area contributed by atoms with Gasteiger partial charge in [-0.3, -0.25) is 4.79 Å². The van der Waals surface area contributed by atoms with Gasteiger partial charge in [-0.2, -0.15) is 0 Å². The van der Waals surface area contributed by atoms with Gasteiger partial charge in [0.1, 0.15) is 5.69 Å². The molecule has 0 unspecified atom stereocenters. The Bertz CT molecular complexity index is 622. The number of carboxylic acids is 1. The van der Waals surface area contributed by atoms with Gasteiger partial charge in [-0.05, 0) is 17.7 Å². The summed E-state index contributed by atoms with van der Waals surface area (Å²) in [6.45, 7) is 0.211. The van der Waals surface area contributed by atoms with E-state index in [2.05, 4.69) is 5.32 Å². The maximum atomic E-state index is 12.0. The second-order valence-electron chi connectivity index (χ2n) is 4.57. The third-order valence-corrected chi connectivity index (χ3v) is 3.00. The van der Waals surface area contributed by atoms with Crippen molar-refractivity contribution in [2.24, 2.45) is 0 Å². The first kappa shape index (κ1) is 14.8. The van der Waals surface area contributed by atoms with Crippen molar-refractivity contribution in [2.45, 2.75) is 12.6 Å². The highest BCUT2D eigenvalue weighted by Crippen LogP contribution is 2.07. The summed E-state index contributed by atoms with van der Waals surface area (Å²) in [6.07, 6.45) is 0.168. The molecule has 1 aromatic carbocycles. The average Bonchev–Trinajstić information content (AvgIpc) is 2.93. The van der Waals surface area contributed by atoms with E-state index in [1.165, 1.54) is 0 Å². The molecule has 0 radical (unpaired) electrons. The van der Waals surface area contributed by atoms with Crippen LogP contribution < -0.4 is 5.32 Å². The lowest BCUT2D eigenvalue weighted by atomic mass is 10.2. The van der Waals surface area contributed by atoms with E-state index < -0.39 is 18.0 Å². The molecule has 0 aliphatic rings. The molecule has 3 N–H and O–H groups in total. The molecule has 1 heterocycles. The van der Waals surface area contributed by atoms with Crippen molar-refractivity contribution in [1.82, 2.24) is 9.88 Å². The number of amides is 1. The first-order valence-electron chi connectivity index (χ1n) is 6.46. The zero-order valence-corrected chi connectivity index (χ0v) is 11.3. The Hall–Kier alpha value is -2.60. The van der Waals surface area contributed by atoms with Gasteiger partial charge >= 0.3 is 5.97 Å². The maximum Gasteiger partial charge on any atom is 0.334 e. The molecule has 1 atom stereocenters. The van der Waals surface area contributed by atoms with Crippen molar-refractivity contribution >= 4 is 11.9 Å². The molecule has 0 saturated heterocycles. The molecule has 0 spiro atoms. The molecule has 0 saturated carbocycles. The Kier molecular flexibility index (Phi) is 4.73. The van der Waals surface area contributed by atoms with Crippen molar-refractivity contribution in [3.8, 4) is 0 Å². The fourth-order valence-electron chi connectivity index (χ4n) is 1.91. The third-order valence-electron chi connectivity index (χ3n) is 3.00. The van der Waals surface area contributed by atoms with E-state index in [1.54, 1.807) is 22.9 Å². The summed E-state index contributed by atoms with van der Waals surface area (Å²) >= 11 is 0. The molecule has 0 aliphatic heterocycles. The summed E-state index contributed by atoms with van der Waals surface area (Å²) in [5.74, 6) is -1.79. The van der Waals surface area contributed by atoms with Crippen LogP contribution in [0.5, 0.6) is 0 Å². The Morgan fingerprint density at radius 3 is 2.52 bits per heavy atom. The largest absolute Gasteiger partial charge is 0.479 e. The standard InChI is InChI=1S/C15H16N2O4/c18-13(15(20)21)9-16-14(19)12-7-4-8-17(12)10-11-5-2-1-3-6-11/h1-8,13,18H,9-10H2,(H,16,19)(H,20,21)/t13-/m0/s1. The number of benzene rings is 1. The van der Waals surface area contributed by atoms with E-state index in [4.69, 9.17) is 10.2 Å². The van der Waals surface area contributed by atoms with Crippen LogP contribution in [0.15, 0.2) is 48.7 Å². The van der Waals surface area contributed by atoms with Gasteiger partial charge in [-0.15, -0.1) is 0 Å². The highest BCUT2D eigenvalue weighted by atomic mass is 16.4. The smallest absolute Gasteiger partial charge is 0.334 e. The number of nitrogens with zero attached hydrogens (tertiary/aromatic N) is 1. The van der Waals surface area contributed by atoms with E-state index in [0.29, 0.717) is 12.2 Å². The third kappa shape index (κ3) is 3.93. The Morgan fingerprint density at radius 2 is 1.86 bits per heavy atom. The lowest BCUT2D eigenvalue weighted by Gasteiger charge is -2.11. The normalized spacial score (nSPS) is 11.9. The zero-order valence-electron chi connectivity index (χ0n) is 11.3. The van der Waals surface area contributed by atoms with Crippen molar-refractivity contribution in [3.63, 3.8) is 0 Å². The van der Waals surface area contributed by atoms with Gasteiger partial charge in [0.2, 0.25) is 0 Å². The second kappa shape index (κ2) is 6.71. The van der Waals surface area contributed by atoms with Crippen LogP contribution in [0.25, 0.3) is 0 Å². The van der Waals surface area contributed by atoms with Crippen LogP contribution >= 0.6 is 0 Å². The molecule has 0 fully saturated rings. The number of carbonyl (C=O) groups is 2. The molecular formula is C15H16N2O4. The van der Waals surface area contributed by atoms with Crippen LogP contribution in [0.3, 0.4) is 0 Å². The number of hydrogen-bond acceptors (Lipinski definition) is 3. The van der Waals surface area contributed by atoms with E-state index in [-0.39, 0.29) is 6.54 Å². The van der Waals surface area contributed by atoms with Crippen molar-refractivity contribution in [3.05, 3.63) is 59.9 Å². The van der Waals surface area contributed by atoms with Crippen molar-refractivity contribution in [1.29, 1.82) is 0 Å². The molecule has 0 bridgehead atoms. The number of carboxylic acid groups (broad SMARTS) is 1. The molecule has 1 aromatic heterocycles. The van der Waals surface area contributed by atoms with E-state index in [9.17, 15) is 9.59 Å². The van der Waals surface area contributed by atoms with Gasteiger partial charge in [0.05, 0.1) is 6.54 Å². The molecule has 21 heavy (non-hydrogen) atoms. The molecule has 2 aromatic rings. The quantitative estimate of drug-likeness (QED) is 0.730. The number of aliphatic hydroxyl groups is 1. The van der Waals surface area contributed by atoms with Crippen molar-refractivity contribution in [2.75, 3.05) is 6.54 Å². The second-order valence-corrected chi connectivity index (χ2v) is 4.57. The van der Waals surface area contributed by atoms with Gasteiger partial charge in [0, 0.05) is 12.7 Å². The predicted molar refractivity (Wildman–Crippen MR) is 76.0 cm³/mol. The number of hydrogen-bond donors (Lipinski definition) is 3. The van der Waals surface area contributed by atoms with Gasteiger partial charge < -0.3 is 20.1 Å². The Morgan fingerprint density at radius 1 is 1.14 bits per heavy atom.